The first kappa shape index (κ1) is 16.3. The minimum absolute atomic E-state index is 0.0504. The molecule has 0 atom stereocenters. The lowest BCUT2D eigenvalue weighted by Gasteiger charge is -2.31. The van der Waals surface area contributed by atoms with Crippen molar-refractivity contribution in [2.45, 2.75) is 20.0 Å². The lowest BCUT2D eigenvalue weighted by Crippen LogP contribution is -2.48. The lowest BCUT2D eigenvalue weighted by atomic mass is 10.2. The molecular weight excluding hydrogens is 282 g/mol. The summed E-state index contributed by atoms with van der Waals surface area (Å²) in [4.78, 5) is 26.6. The summed E-state index contributed by atoms with van der Waals surface area (Å²) < 4.78 is 5.69. The van der Waals surface area contributed by atoms with Gasteiger partial charge in [-0.3, -0.25) is 14.5 Å². The van der Waals surface area contributed by atoms with Crippen molar-refractivity contribution in [3.8, 4) is 5.75 Å². The molecule has 1 aliphatic rings. The van der Waals surface area contributed by atoms with E-state index in [1.54, 1.807) is 4.90 Å². The van der Waals surface area contributed by atoms with Crippen LogP contribution in [0.1, 0.15) is 13.8 Å². The smallest absolute Gasteiger partial charge is 0.238 e. The van der Waals surface area contributed by atoms with E-state index in [2.05, 4.69) is 5.32 Å². The Bertz CT molecular complexity index is 511. The van der Waals surface area contributed by atoms with Gasteiger partial charge in [0.25, 0.3) is 0 Å². The van der Waals surface area contributed by atoms with Crippen molar-refractivity contribution in [3.63, 3.8) is 0 Å². The molecule has 1 fully saturated rings. The minimum Gasteiger partial charge on any atom is -0.489 e. The molecule has 0 saturated carbocycles. The van der Waals surface area contributed by atoms with Crippen LogP contribution < -0.4 is 10.1 Å². The van der Waals surface area contributed by atoms with E-state index in [9.17, 15) is 9.59 Å². The number of hydrogen-bond donors (Lipinski definition) is 1. The van der Waals surface area contributed by atoms with Crippen LogP contribution in [0.2, 0.25) is 0 Å². The number of piperazine rings is 1. The molecule has 1 aliphatic heterocycles. The minimum atomic E-state index is -0.0700. The largest absolute Gasteiger partial charge is 0.489 e. The molecule has 1 heterocycles. The van der Waals surface area contributed by atoms with Crippen molar-refractivity contribution in [2.24, 2.45) is 0 Å². The predicted molar refractivity (Wildman–Crippen MR) is 84.9 cm³/mol. The van der Waals surface area contributed by atoms with Crippen molar-refractivity contribution in [1.82, 2.24) is 9.80 Å². The third kappa shape index (κ3) is 4.73. The number of anilines is 1. The first-order chi connectivity index (χ1) is 10.6. The van der Waals surface area contributed by atoms with Gasteiger partial charge >= 0.3 is 0 Å². The molecule has 120 valence electrons. The van der Waals surface area contributed by atoms with Crippen LogP contribution >= 0.6 is 0 Å². The van der Waals surface area contributed by atoms with Crippen molar-refractivity contribution >= 4 is 18.0 Å². The fourth-order valence-electron chi connectivity index (χ4n) is 2.35. The van der Waals surface area contributed by atoms with Gasteiger partial charge in [-0.05, 0) is 26.0 Å². The zero-order valence-electron chi connectivity index (χ0n) is 13.1. The maximum atomic E-state index is 12.2. The maximum absolute atomic E-state index is 12.2. The van der Waals surface area contributed by atoms with Gasteiger partial charge in [0.2, 0.25) is 12.3 Å². The Kier molecular flexibility index (Phi) is 5.77. The van der Waals surface area contributed by atoms with Crippen LogP contribution in [0.15, 0.2) is 24.3 Å². The molecule has 0 aliphatic carbocycles. The zero-order chi connectivity index (χ0) is 15.9. The highest BCUT2D eigenvalue weighted by Crippen LogP contribution is 2.24. The van der Waals surface area contributed by atoms with Gasteiger partial charge in [0.15, 0.2) is 0 Å². The number of nitrogens with zero attached hydrogens (tertiary/aromatic N) is 2. The molecule has 1 saturated heterocycles. The first-order valence-corrected chi connectivity index (χ1v) is 7.55. The highest BCUT2D eigenvalue weighted by atomic mass is 16.5. The van der Waals surface area contributed by atoms with Gasteiger partial charge in [-0.15, -0.1) is 0 Å². The van der Waals surface area contributed by atoms with Crippen LogP contribution in [-0.2, 0) is 9.59 Å². The average Bonchev–Trinajstić information content (AvgIpc) is 2.49. The van der Waals surface area contributed by atoms with Gasteiger partial charge in [-0.1, -0.05) is 12.1 Å². The lowest BCUT2D eigenvalue weighted by molar-refractivity contribution is -0.120. The van der Waals surface area contributed by atoms with Crippen LogP contribution in [0.25, 0.3) is 0 Å². The molecular formula is C16H23N3O3. The molecule has 1 aromatic rings. The second kappa shape index (κ2) is 7.79. The number of para-hydroxylation sites is 2. The number of rotatable bonds is 6. The molecule has 0 radical (unpaired) electrons. The summed E-state index contributed by atoms with van der Waals surface area (Å²) in [7, 11) is 0. The first-order valence-electron chi connectivity index (χ1n) is 7.55. The van der Waals surface area contributed by atoms with E-state index in [0.717, 1.165) is 19.5 Å². The molecule has 2 rings (SSSR count). The van der Waals surface area contributed by atoms with Crippen LogP contribution in [0.3, 0.4) is 0 Å². The summed E-state index contributed by atoms with van der Waals surface area (Å²) in [6.07, 6.45) is 0.908. The predicted octanol–water partition coefficient (Wildman–Crippen LogP) is 1.19. The Balaban J connectivity index is 1.88. The van der Waals surface area contributed by atoms with Gasteiger partial charge < -0.3 is 15.0 Å². The normalized spacial score (nSPS) is 15.7. The number of nitrogens with one attached hydrogen (secondary N) is 1. The SMILES string of the molecule is CC(C)Oc1ccccc1NC(=O)CN1CCN(C=O)CC1. The standard InChI is InChI=1S/C16H23N3O3/c1-13(2)22-15-6-4-3-5-14(15)17-16(21)11-18-7-9-19(12-20)10-8-18/h3-6,12-13H,7-11H2,1-2H3,(H,17,21). The van der Waals surface area contributed by atoms with Gasteiger partial charge in [0.05, 0.1) is 18.3 Å². The summed E-state index contributed by atoms with van der Waals surface area (Å²) >= 11 is 0. The van der Waals surface area contributed by atoms with Crippen LogP contribution in [0.4, 0.5) is 5.69 Å². The van der Waals surface area contributed by atoms with Gasteiger partial charge in [0, 0.05) is 26.2 Å². The molecule has 6 nitrogen and oxygen atoms in total. The van der Waals surface area contributed by atoms with Crippen molar-refractivity contribution in [3.05, 3.63) is 24.3 Å². The van der Waals surface area contributed by atoms with Crippen LogP contribution in [0, 0.1) is 0 Å². The molecule has 0 spiro atoms. The third-order valence-corrected chi connectivity index (χ3v) is 3.45. The fraction of sp³-hybridized carbons (Fsp3) is 0.500. The maximum Gasteiger partial charge on any atom is 0.238 e. The van der Waals surface area contributed by atoms with Crippen molar-refractivity contribution in [2.75, 3.05) is 38.0 Å². The van der Waals surface area contributed by atoms with E-state index in [0.29, 0.717) is 31.1 Å². The van der Waals surface area contributed by atoms with Crippen molar-refractivity contribution < 1.29 is 14.3 Å². The number of amides is 2. The molecule has 0 aromatic heterocycles. The summed E-state index contributed by atoms with van der Waals surface area (Å²) in [6, 6.07) is 7.43. The van der Waals surface area contributed by atoms with E-state index < -0.39 is 0 Å². The van der Waals surface area contributed by atoms with E-state index in [1.807, 2.05) is 43.0 Å². The Labute approximate surface area is 131 Å². The van der Waals surface area contributed by atoms with Crippen LogP contribution in [0.5, 0.6) is 5.75 Å². The number of hydrogen-bond acceptors (Lipinski definition) is 4. The number of ether oxygens (including phenoxy) is 1. The van der Waals surface area contributed by atoms with E-state index in [-0.39, 0.29) is 12.0 Å². The zero-order valence-corrected chi connectivity index (χ0v) is 13.1. The Morgan fingerprint density at radius 1 is 1.27 bits per heavy atom. The second-order valence-corrected chi connectivity index (χ2v) is 5.63. The topological polar surface area (TPSA) is 61.9 Å². The molecule has 2 amide bonds. The highest BCUT2D eigenvalue weighted by Gasteiger charge is 2.18. The highest BCUT2D eigenvalue weighted by molar-refractivity contribution is 5.93. The van der Waals surface area contributed by atoms with Crippen LogP contribution in [-0.4, -0.2) is 60.9 Å². The summed E-state index contributed by atoms with van der Waals surface area (Å²) in [5, 5.41) is 2.90. The van der Waals surface area contributed by atoms with Gasteiger partial charge in [-0.25, -0.2) is 0 Å². The monoisotopic (exact) mass is 305 g/mol. The van der Waals surface area contributed by atoms with Gasteiger partial charge in [0.1, 0.15) is 5.75 Å². The summed E-state index contributed by atoms with van der Waals surface area (Å²) in [5.41, 5.74) is 0.688. The van der Waals surface area contributed by atoms with E-state index in [1.165, 1.54) is 0 Å². The summed E-state index contributed by atoms with van der Waals surface area (Å²) in [6.45, 7) is 7.00. The summed E-state index contributed by atoms with van der Waals surface area (Å²) in [5.74, 6) is 0.607. The number of carbonyl (C=O) groups excluding carboxylic acids is 2. The molecule has 1 N–H and O–H groups in total. The third-order valence-electron chi connectivity index (χ3n) is 3.45. The Morgan fingerprint density at radius 3 is 2.59 bits per heavy atom. The molecule has 1 aromatic carbocycles. The van der Waals surface area contributed by atoms with Gasteiger partial charge in [-0.2, -0.15) is 0 Å². The molecule has 0 unspecified atom stereocenters. The van der Waals surface area contributed by atoms with E-state index in [4.69, 9.17) is 4.74 Å². The van der Waals surface area contributed by atoms with Crippen molar-refractivity contribution in [1.29, 1.82) is 0 Å². The Morgan fingerprint density at radius 2 is 1.95 bits per heavy atom. The second-order valence-electron chi connectivity index (χ2n) is 5.63. The molecule has 22 heavy (non-hydrogen) atoms. The quantitative estimate of drug-likeness (QED) is 0.802. The van der Waals surface area contributed by atoms with E-state index >= 15 is 0 Å². The molecule has 0 bridgehead atoms. The molecule has 6 heteroatoms. The number of carbonyl (C=O) groups is 2. The number of benzene rings is 1. The fourth-order valence-corrected chi connectivity index (χ4v) is 2.35. The Hall–Kier alpha value is -2.08. The average molecular weight is 305 g/mol.